The van der Waals surface area contributed by atoms with Crippen LogP contribution in [0.1, 0.15) is 13.8 Å². The Morgan fingerprint density at radius 1 is 1.24 bits per heavy atom. The normalized spacial score (nSPS) is 21.6. The summed E-state index contributed by atoms with van der Waals surface area (Å²) in [7, 11) is -3.28. The van der Waals surface area contributed by atoms with Gasteiger partial charge in [0.1, 0.15) is 0 Å². The van der Waals surface area contributed by atoms with Crippen molar-refractivity contribution in [3.63, 3.8) is 0 Å². The van der Waals surface area contributed by atoms with Gasteiger partial charge in [-0.3, -0.25) is 4.79 Å². The highest BCUT2D eigenvalue weighted by molar-refractivity contribution is 7.89. The summed E-state index contributed by atoms with van der Waals surface area (Å²) >= 11 is 0. The number of rotatable bonds is 6. The third-order valence-corrected chi connectivity index (χ3v) is 5.70. The van der Waals surface area contributed by atoms with Crippen molar-refractivity contribution in [1.29, 1.82) is 0 Å². The van der Waals surface area contributed by atoms with Gasteiger partial charge in [0.25, 0.3) is 0 Å². The lowest BCUT2D eigenvalue weighted by Crippen LogP contribution is -2.57. The smallest absolute Gasteiger partial charge is 0.228 e. The minimum absolute atomic E-state index is 0.00563. The van der Waals surface area contributed by atoms with E-state index in [1.165, 1.54) is 4.31 Å². The standard InChI is InChI=1S/C13H25N3O4S/c1-11(2)20-7-8-21(18,19)16-5-3-15(4-6-16)13(17)12-9-14-10-12/h11-12,14H,3-10H2,1-2H3. The van der Waals surface area contributed by atoms with Gasteiger partial charge >= 0.3 is 0 Å². The third kappa shape index (κ3) is 4.38. The predicted octanol–water partition coefficient (Wildman–Crippen LogP) is -0.895. The maximum atomic E-state index is 12.2. The highest BCUT2D eigenvalue weighted by Gasteiger charge is 2.33. The zero-order valence-corrected chi connectivity index (χ0v) is 13.6. The Morgan fingerprint density at radius 3 is 2.33 bits per heavy atom. The molecule has 2 fully saturated rings. The molecule has 0 unspecified atom stereocenters. The molecule has 0 spiro atoms. The minimum atomic E-state index is -3.28. The SMILES string of the molecule is CC(C)OCCS(=O)(=O)N1CCN(C(=O)C2CNC2)CC1. The molecule has 0 saturated carbocycles. The number of amides is 1. The average molecular weight is 319 g/mol. The fourth-order valence-corrected chi connectivity index (χ4v) is 3.71. The van der Waals surface area contributed by atoms with Crippen LogP contribution in [0.15, 0.2) is 0 Å². The maximum Gasteiger partial charge on any atom is 0.228 e. The quantitative estimate of drug-likeness (QED) is 0.687. The number of nitrogens with one attached hydrogen (secondary N) is 1. The van der Waals surface area contributed by atoms with E-state index in [4.69, 9.17) is 4.74 Å². The van der Waals surface area contributed by atoms with Crippen molar-refractivity contribution >= 4 is 15.9 Å². The second-order valence-electron chi connectivity index (χ2n) is 5.82. The third-order valence-electron chi connectivity index (χ3n) is 3.87. The number of sulfonamides is 1. The fraction of sp³-hybridized carbons (Fsp3) is 0.923. The van der Waals surface area contributed by atoms with Crippen LogP contribution in [0.3, 0.4) is 0 Å². The van der Waals surface area contributed by atoms with E-state index in [0.29, 0.717) is 26.2 Å². The number of carbonyl (C=O) groups is 1. The number of piperazine rings is 1. The average Bonchev–Trinajstić information content (AvgIpc) is 2.36. The zero-order chi connectivity index (χ0) is 15.5. The van der Waals surface area contributed by atoms with Gasteiger partial charge in [0.05, 0.1) is 24.4 Å². The van der Waals surface area contributed by atoms with E-state index in [9.17, 15) is 13.2 Å². The molecule has 2 aliphatic rings. The number of nitrogens with zero attached hydrogens (tertiary/aromatic N) is 2. The summed E-state index contributed by atoms with van der Waals surface area (Å²) in [5, 5.41) is 3.08. The number of hydrogen-bond donors (Lipinski definition) is 1. The number of hydrogen-bond acceptors (Lipinski definition) is 5. The lowest BCUT2D eigenvalue weighted by Gasteiger charge is -2.38. The predicted molar refractivity (Wildman–Crippen MR) is 79.4 cm³/mol. The summed E-state index contributed by atoms with van der Waals surface area (Å²) in [5.41, 5.74) is 0. The van der Waals surface area contributed by atoms with Crippen LogP contribution in [0.25, 0.3) is 0 Å². The molecule has 2 heterocycles. The van der Waals surface area contributed by atoms with Crippen molar-refractivity contribution in [2.75, 3.05) is 51.6 Å². The van der Waals surface area contributed by atoms with E-state index in [0.717, 1.165) is 13.1 Å². The van der Waals surface area contributed by atoms with Crippen molar-refractivity contribution in [2.45, 2.75) is 20.0 Å². The van der Waals surface area contributed by atoms with Gasteiger partial charge < -0.3 is 15.0 Å². The molecule has 0 radical (unpaired) electrons. The van der Waals surface area contributed by atoms with Crippen LogP contribution >= 0.6 is 0 Å². The molecule has 0 aromatic carbocycles. The molecule has 2 aliphatic heterocycles. The maximum absolute atomic E-state index is 12.2. The molecule has 0 bridgehead atoms. The van der Waals surface area contributed by atoms with E-state index in [1.807, 2.05) is 13.8 Å². The molecule has 8 heteroatoms. The Labute approximate surface area is 126 Å². The van der Waals surface area contributed by atoms with Crippen molar-refractivity contribution in [3.8, 4) is 0 Å². The van der Waals surface area contributed by atoms with Crippen LogP contribution in [0.5, 0.6) is 0 Å². The van der Waals surface area contributed by atoms with E-state index in [2.05, 4.69) is 5.32 Å². The van der Waals surface area contributed by atoms with Gasteiger partial charge in [-0.2, -0.15) is 4.31 Å². The van der Waals surface area contributed by atoms with Gasteiger partial charge in [0.2, 0.25) is 15.9 Å². The lowest BCUT2D eigenvalue weighted by atomic mass is 10.0. The fourth-order valence-electron chi connectivity index (χ4n) is 2.43. The summed E-state index contributed by atoms with van der Waals surface area (Å²) in [6.45, 7) is 7.20. The molecule has 1 N–H and O–H groups in total. The van der Waals surface area contributed by atoms with Gasteiger partial charge in [0.15, 0.2) is 0 Å². The highest BCUT2D eigenvalue weighted by Crippen LogP contribution is 2.13. The van der Waals surface area contributed by atoms with Crippen LogP contribution in [-0.4, -0.2) is 81.3 Å². The molecule has 122 valence electrons. The molecule has 0 aromatic rings. The molecule has 0 atom stereocenters. The van der Waals surface area contributed by atoms with Gasteiger partial charge in [-0.25, -0.2) is 8.42 Å². The van der Waals surface area contributed by atoms with Crippen LogP contribution in [0.4, 0.5) is 0 Å². The van der Waals surface area contributed by atoms with Gasteiger partial charge in [-0.05, 0) is 13.8 Å². The first kappa shape index (κ1) is 16.7. The van der Waals surface area contributed by atoms with Crippen LogP contribution < -0.4 is 5.32 Å². The first-order valence-corrected chi connectivity index (χ1v) is 9.10. The largest absolute Gasteiger partial charge is 0.378 e. The van der Waals surface area contributed by atoms with E-state index < -0.39 is 10.0 Å². The molecule has 21 heavy (non-hydrogen) atoms. The van der Waals surface area contributed by atoms with Gasteiger partial charge in [-0.1, -0.05) is 0 Å². The Hall–Kier alpha value is -0.700. The molecule has 0 aliphatic carbocycles. The van der Waals surface area contributed by atoms with E-state index >= 15 is 0 Å². The Balaban J connectivity index is 1.78. The number of carbonyl (C=O) groups excluding carboxylic acids is 1. The summed E-state index contributed by atoms with van der Waals surface area (Å²) in [6.07, 6.45) is 0.0331. The lowest BCUT2D eigenvalue weighted by molar-refractivity contribution is -0.138. The molecule has 7 nitrogen and oxygen atoms in total. The molecule has 2 saturated heterocycles. The van der Waals surface area contributed by atoms with Crippen molar-refractivity contribution < 1.29 is 17.9 Å². The first-order chi connectivity index (χ1) is 9.90. The van der Waals surface area contributed by atoms with E-state index in [1.54, 1.807) is 4.90 Å². The van der Waals surface area contributed by atoms with Crippen LogP contribution in [0.2, 0.25) is 0 Å². The van der Waals surface area contributed by atoms with Crippen LogP contribution in [0, 0.1) is 5.92 Å². The second-order valence-corrected chi connectivity index (χ2v) is 7.90. The summed E-state index contributed by atoms with van der Waals surface area (Å²) < 4.78 is 31.1. The van der Waals surface area contributed by atoms with Gasteiger partial charge in [0, 0.05) is 39.3 Å². The Kier molecular flexibility index (Phi) is 5.59. The summed E-state index contributed by atoms with van der Waals surface area (Å²) in [5.74, 6) is 0.229. The summed E-state index contributed by atoms with van der Waals surface area (Å²) in [6, 6.07) is 0. The van der Waals surface area contributed by atoms with Crippen LogP contribution in [-0.2, 0) is 19.6 Å². The Morgan fingerprint density at radius 2 is 1.86 bits per heavy atom. The monoisotopic (exact) mass is 319 g/mol. The molecule has 0 aromatic heterocycles. The number of ether oxygens (including phenoxy) is 1. The van der Waals surface area contributed by atoms with Crippen molar-refractivity contribution in [3.05, 3.63) is 0 Å². The second kappa shape index (κ2) is 7.04. The van der Waals surface area contributed by atoms with Gasteiger partial charge in [-0.15, -0.1) is 0 Å². The first-order valence-electron chi connectivity index (χ1n) is 7.49. The Bertz CT molecular complexity index is 454. The van der Waals surface area contributed by atoms with E-state index in [-0.39, 0.29) is 30.3 Å². The highest BCUT2D eigenvalue weighted by atomic mass is 32.2. The van der Waals surface area contributed by atoms with Crippen molar-refractivity contribution in [1.82, 2.24) is 14.5 Å². The minimum Gasteiger partial charge on any atom is -0.378 e. The topological polar surface area (TPSA) is 79.0 Å². The zero-order valence-electron chi connectivity index (χ0n) is 12.7. The molecule has 1 amide bonds. The summed E-state index contributed by atoms with van der Waals surface area (Å²) in [4.78, 5) is 13.9. The van der Waals surface area contributed by atoms with Crippen molar-refractivity contribution in [2.24, 2.45) is 5.92 Å². The molecular weight excluding hydrogens is 294 g/mol. The molecular formula is C13H25N3O4S. The molecule has 2 rings (SSSR count).